The van der Waals surface area contributed by atoms with E-state index in [1.54, 1.807) is 24.2 Å². The first-order valence-electron chi connectivity index (χ1n) is 6.21. The molecule has 0 saturated carbocycles. The van der Waals surface area contributed by atoms with Crippen molar-refractivity contribution in [3.63, 3.8) is 0 Å². The van der Waals surface area contributed by atoms with Gasteiger partial charge in [0.1, 0.15) is 0 Å². The average molecular weight is 259 g/mol. The highest BCUT2D eigenvalue weighted by atomic mass is 16.2. The first-order chi connectivity index (χ1) is 9.13. The van der Waals surface area contributed by atoms with Crippen LogP contribution in [0.1, 0.15) is 17.3 Å². The lowest BCUT2D eigenvalue weighted by atomic mass is 10.1. The van der Waals surface area contributed by atoms with Crippen LogP contribution in [0.2, 0.25) is 0 Å². The molecule has 5 heteroatoms. The van der Waals surface area contributed by atoms with Gasteiger partial charge < -0.3 is 15.2 Å². The molecule has 100 valence electrons. The minimum absolute atomic E-state index is 0.0178. The second-order valence-corrected chi connectivity index (χ2v) is 4.34. The number of carbonyl (C=O) groups excluding carboxylic acids is 2. The fraction of sp³-hybridized carbons (Fsp3) is 0.286. The standard InChI is InChI=1S/C14H17N3O2/c1-3-17(2)13(18)9-16-14(19)11-5-4-6-12-10(11)7-8-15-12/h4-8,15H,3,9H2,1-2H3,(H,16,19). The Morgan fingerprint density at radius 3 is 2.84 bits per heavy atom. The van der Waals surface area contributed by atoms with E-state index in [9.17, 15) is 9.59 Å². The third-order valence-electron chi connectivity index (χ3n) is 3.14. The third kappa shape index (κ3) is 2.76. The van der Waals surface area contributed by atoms with Crippen LogP contribution in [0.5, 0.6) is 0 Å². The number of aromatic nitrogens is 1. The number of likely N-dealkylation sites (N-methyl/N-ethyl adjacent to an activating group) is 1. The maximum atomic E-state index is 12.1. The number of hydrogen-bond acceptors (Lipinski definition) is 2. The molecule has 1 aromatic carbocycles. The second kappa shape index (κ2) is 5.56. The van der Waals surface area contributed by atoms with Gasteiger partial charge in [-0.2, -0.15) is 0 Å². The van der Waals surface area contributed by atoms with E-state index < -0.39 is 0 Å². The summed E-state index contributed by atoms with van der Waals surface area (Å²) in [4.78, 5) is 28.3. The molecular formula is C14H17N3O2. The monoisotopic (exact) mass is 259 g/mol. The van der Waals surface area contributed by atoms with E-state index in [1.165, 1.54) is 0 Å². The molecule has 0 unspecified atom stereocenters. The van der Waals surface area contributed by atoms with Crippen LogP contribution in [-0.2, 0) is 4.79 Å². The summed E-state index contributed by atoms with van der Waals surface area (Å²) in [5.74, 6) is -0.333. The molecule has 0 aliphatic heterocycles. The smallest absolute Gasteiger partial charge is 0.252 e. The van der Waals surface area contributed by atoms with Gasteiger partial charge >= 0.3 is 0 Å². The normalized spacial score (nSPS) is 10.4. The highest BCUT2D eigenvalue weighted by molar-refractivity contribution is 6.07. The lowest BCUT2D eigenvalue weighted by Gasteiger charge is -2.14. The number of aromatic amines is 1. The Morgan fingerprint density at radius 1 is 1.32 bits per heavy atom. The Kier molecular flexibility index (Phi) is 3.85. The molecule has 0 radical (unpaired) electrons. The minimum atomic E-state index is -0.233. The van der Waals surface area contributed by atoms with Crippen LogP contribution in [0.3, 0.4) is 0 Å². The van der Waals surface area contributed by atoms with E-state index in [-0.39, 0.29) is 18.4 Å². The summed E-state index contributed by atoms with van der Waals surface area (Å²) >= 11 is 0. The molecule has 0 saturated heterocycles. The van der Waals surface area contributed by atoms with Crippen LogP contribution < -0.4 is 5.32 Å². The summed E-state index contributed by atoms with van der Waals surface area (Å²) in [5, 5.41) is 3.51. The first kappa shape index (κ1) is 13.1. The van der Waals surface area contributed by atoms with Gasteiger partial charge in [-0.25, -0.2) is 0 Å². The zero-order valence-corrected chi connectivity index (χ0v) is 11.1. The molecule has 1 aromatic heterocycles. The number of fused-ring (bicyclic) bond motifs is 1. The third-order valence-corrected chi connectivity index (χ3v) is 3.14. The molecule has 0 bridgehead atoms. The summed E-state index contributed by atoms with van der Waals surface area (Å²) in [5.41, 5.74) is 1.48. The van der Waals surface area contributed by atoms with E-state index in [4.69, 9.17) is 0 Å². The maximum absolute atomic E-state index is 12.1. The Balaban J connectivity index is 2.08. The van der Waals surface area contributed by atoms with Crippen LogP contribution in [-0.4, -0.2) is 41.8 Å². The van der Waals surface area contributed by atoms with E-state index in [1.807, 2.05) is 25.1 Å². The zero-order chi connectivity index (χ0) is 13.8. The van der Waals surface area contributed by atoms with Crippen molar-refractivity contribution < 1.29 is 9.59 Å². The number of carbonyl (C=O) groups is 2. The number of hydrogen-bond donors (Lipinski definition) is 2. The van der Waals surface area contributed by atoms with Crippen molar-refractivity contribution in [1.82, 2.24) is 15.2 Å². The summed E-state index contributed by atoms with van der Waals surface area (Å²) in [6.07, 6.45) is 1.79. The van der Waals surface area contributed by atoms with Crippen LogP contribution >= 0.6 is 0 Å². The first-order valence-corrected chi connectivity index (χ1v) is 6.21. The van der Waals surface area contributed by atoms with Crippen molar-refractivity contribution in [1.29, 1.82) is 0 Å². The zero-order valence-electron chi connectivity index (χ0n) is 11.1. The van der Waals surface area contributed by atoms with Crippen LogP contribution in [0.15, 0.2) is 30.5 Å². The Hall–Kier alpha value is -2.30. The molecule has 0 fully saturated rings. The van der Waals surface area contributed by atoms with Crippen molar-refractivity contribution in [2.24, 2.45) is 0 Å². The van der Waals surface area contributed by atoms with Gasteiger partial charge in [0.25, 0.3) is 5.91 Å². The largest absolute Gasteiger partial charge is 0.361 e. The number of nitrogens with one attached hydrogen (secondary N) is 2. The van der Waals surface area contributed by atoms with Crippen molar-refractivity contribution >= 4 is 22.7 Å². The highest BCUT2D eigenvalue weighted by Gasteiger charge is 2.12. The molecule has 2 amide bonds. The summed E-state index contributed by atoms with van der Waals surface area (Å²) in [7, 11) is 1.71. The van der Waals surface area contributed by atoms with Gasteiger partial charge in [-0.15, -0.1) is 0 Å². The van der Waals surface area contributed by atoms with Crippen LogP contribution in [0, 0.1) is 0 Å². The van der Waals surface area contributed by atoms with Gasteiger partial charge in [0.2, 0.25) is 5.91 Å². The maximum Gasteiger partial charge on any atom is 0.252 e. The number of H-pyrrole nitrogens is 1. The fourth-order valence-corrected chi connectivity index (χ4v) is 1.85. The fourth-order valence-electron chi connectivity index (χ4n) is 1.85. The molecule has 2 rings (SSSR count). The van der Waals surface area contributed by atoms with Crippen molar-refractivity contribution in [3.8, 4) is 0 Å². The van der Waals surface area contributed by atoms with E-state index >= 15 is 0 Å². The molecule has 5 nitrogen and oxygen atoms in total. The number of nitrogens with zero attached hydrogens (tertiary/aromatic N) is 1. The Labute approximate surface area is 111 Å². The molecule has 0 atom stereocenters. The van der Waals surface area contributed by atoms with Gasteiger partial charge in [0.05, 0.1) is 6.54 Å². The lowest BCUT2D eigenvalue weighted by Crippen LogP contribution is -2.38. The second-order valence-electron chi connectivity index (χ2n) is 4.34. The topological polar surface area (TPSA) is 65.2 Å². The number of rotatable bonds is 4. The number of benzene rings is 1. The quantitative estimate of drug-likeness (QED) is 0.871. The number of amides is 2. The summed E-state index contributed by atoms with van der Waals surface area (Å²) < 4.78 is 0. The van der Waals surface area contributed by atoms with Crippen LogP contribution in [0.25, 0.3) is 10.9 Å². The molecule has 0 spiro atoms. The summed E-state index contributed by atoms with van der Waals surface area (Å²) in [6.45, 7) is 2.53. The van der Waals surface area contributed by atoms with Crippen molar-refractivity contribution in [2.75, 3.05) is 20.1 Å². The van der Waals surface area contributed by atoms with Crippen molar-refractivity contribution in [2.45, 2.75) is 6.92 Å². The summed E-state index contributed by atoms with van der Waals surface area (Å²) in [6, 6.07) is 7.32. The Morgan fingerprint density at radius 2 is 2.11 bits per heavy atom. The lowest BCUT2D eigenvalue weighted by molar-refractivity contribution is -0.128. The van der Waals surface area contributed by atoms with Gasteiger partial charge in [-0.05, 0) is 25.1 Å². The molecule has 2 N–H and O–H groups in total. The molecule has 2 aromatic rings. The van der Waals surface area contributed by atoms with Gasteiger partial charge in [-0.3, -0.25) is 9.59 Å². The van der Waals surface area contributed by atoms with E-state index in [0.29, 0.717) is 12.1 Å². The van der Waals surface area contributed by atoms with Gasteiger partial charge in [0, 0.05) is 36.3 Å². The molecular weight excluding hydrogens is 242 g/mol. The average Bonchev–Trinajstić information content (AvgIpc) is 2.91. The van der Waals surface area contributed by atoms with E-state index in [2.05, 4.69) is 10.3 Å². The van der Waals surface area contributed by atoms with Crippen molar-refractivity contribution in [3.05, 3.63) is 36.0 Å². The van der Waals surface area contributed by atoms with Gasteiger partial charge in [-0.1, -0.05) is 6.07 Å². The van der Waals surface area contributed by atoms with Gasteiger partial charge in [0.15, 0.2) is 0 Å². The predicted molar refractivity (Wildman–Crippen MR) is 73.9 cm³/mol. The van der Waals surface area contributed by atoms with Crippen LogP contribution in [0.4, 0.5) is 0 Å². The Bertz CT molecular complexity index is 604. The minimum Gasteiger partial charge on any atom is -0.361 e. The molecule has 0 aliphatic rings. The SMILES string of the molecule is CCN(C)C(=O)CNC(=O)c1cccc2[nH]ccc12. The van der Waals surface area contributed by atoms with E-state index in [0.717, 1.165) is 10.9 Å². The molecule has 19 heavy (non-hydrogen) atoms. The highest BCUT2D eigenvalue weighted by Crippen LogP contribution is 2.16. The molecule has 1 heterocycles. The molecule has 0 aliphatic carbocycles. The predicted octanol–water partition coefficient (Wildman–Crippen LogP) is 1.38.